The predicted molar refractivity (Wildman–Crippen MR) is 122 cm³/mol. The zero-order chi connectivity index (χ0) is 22.5. The van der Waals surface area contributed by atoms with Gasteiger partial charge in [0.1, 0.15) is 0 Å². The molecule has 1 aromatic carbocycles. The largest absolute Gasteiger partial charge is 0.493 e. The molecule has 31 heavy (non-hydrogen) atoms. The fourth-order valence-corrected chi connectivity index (χ4v) is 5.10. The molecule has 7 heteroatoms. The topological polar surface area (TPSA) is 54.5 Å². The third-order valence-corrected chi connectivity index (χ3v) is 6.67. The summed E-state index contributed by atoms with van der Waals surface area (Å²) in [5.41, 5.74) is 1.08. The molecule has 1 amide bonds. The maximum atomic E-state index is 13.1. The molecule has 2 aliphatic rings. The van der Waals surface area contributed by atoms with Gasteiger partial charge in [0, 0.05) is 51.4 Å². The number of piperidine rings is 1. The lowest BCUT2D eigenvalue weighted by atomic mass is 9.91. The lowest BCUT2D eigenvalue weighted by Crippen LogP contribution is -2.56. The number of hydrogen-bond donors (Lipinski definition) is 0. The molecule has 0 bridgehead atoms. The highest BCUT2D eigenvalue weighted by Gasteiger charge is 2.32. The minimum absolute atomic E-state index is 0.0599. The standard InChI is InChI=1S/C24H39N3O4/c1-17-13-18(2)15-27(14-17)24(28)19(3)26-11-9-25(10-12-26)16-20-7-8-21(29-4)23(31-6)22(20)30-5/h7-8,17-19H,9-16H2,1-6H3/t17-,18-,19-/m1/s1. The van der Waals surface area contributed by atoms with Crippen LogP contribution in [0.25, 0.3) is 0 Å². The number of benzene rings is 1. The quantitative estimate of drug-likeness (QED) is 0.659. The Kier molecular flexibility index (Phi) is 8.06. The molecule has 0 N–H and O–H groups in total. The highest BCUT2D eigenvalue weighted by atomic mass is 16.5. The number of ether oxygens (including phenoxy) is 3. The Hall–Kier alpha value is -1.99. The monoisotopic (exact) mass is 433 g/mol. The van der Waals surface area contributed by atoms with Crippen LogP contribution in [0.2, 0.25) is 0 Å². The van der Waals surface area contributed by atoms with Crippen LogP contribution in [0, 0.1) is 11.8 Å². The Morgan fingerprint density at radius 3 is 2.13 bits per heavy atom. The van der Waals surface area contributed by atoms with Crippen LogP contribution in [0.15, 0.2) is 12.1 Å². The van der Waals surface area contributed by atoms with Gasteiger partial charge in [-0.2, -0.15) is 0 Å². The molecule has 7 nitrogen and oxygen atoms in total. The molecular formula is C24H39N3O4. The van der Waals surface area contributed by atoms with Crippen LogP contribution in [0.1, 0.15) is 32.8 Å². The minimum Gasteiger partial charge on any atom is -0.493 e. The molecule has 2 saturated heterocycles. The number of piperazine rings is 1. The van der Waals surface area contributed by atoms with Crippen LogP contribution in [0.5, 0.6) is 17.2 Å². The van der Waals surface area contributed by atoms with E-state index in [1.54, 1.807) is 21.3 Å². The van der Waals surface area contributed by atoms with Crippen molar-refractivity contribution < 1.29 is 19.0 Å². The first-order chi connectivity index (χ1) is 14.9. The van der Waals surface area contributed by atoms with Crippen LogP contribution in [0.4, 0.5) is 0 Å². The van der Waals surface area contributed by atoms with Gasteiger partial charge in [0.15, 0.2) is 11.5 Å². The molecule has 0 saturated carbocycles. The lowest BCUT2D eigenvalue weighted by molar-refractivity contribution is -0.139. The van der Waals surface area contributed by atoms with E-state index < -0.39 is 0 Å². The van der Waals surface area contributed by atoms with E-state index in [9.17, 15) is 4.79 Å². The second-order valence-corrected chi connectivity index (χ2v) is 9.17. The first-order valence-electron chi connectivity index (χ1n) is 11.4. The highest BCUT2D eigenvalue weighted by Crippen LogP contribution is 2.40. The SMILES string of the molecule is COc1ccc(CN2CCN([C@H](C)C(=O)N3C[C@H](C)C[C@@H](C)C3)CC2)c(OC)c1OC. The van der Waals surface area contributed by atoms with E-state index in [-0.39, 0.29) is 11.9 Å². The fraction of sp³-hybridized carbons (Fsp3) is 0.708. The van der Waals surface area contributed by atoms with E-state index in [1.165, 1.54) is 6.42 Å². The Morgan fingerprint density at radius 2 is 1.58 bits per heavy atom. The zero-order valence-electron chi connectivity index (χ0n) is 20.0. The van der Waals surface area contributed by atoms with Gasteiger partial charge in [-0.25, -0.2) is 0 Å². The summed E-state index contributed by atoms with van der Waals surface area (Å²) in [6.45, 7) is 12.8. The van der Waals surface area contributed by atoms with Gasteiger partial charge in [0.2, 0.25) is 11.7 Å². The van der Waals surface area contributed by atoms with Crippen molar-refractivity contribution in [2.75, 3.05) is 60.6 Å². The summed E-state index contributed by atoms with van der Waals surface area (Å²) in [7, 11) is 4.92. The molecule has 174 valence electrons. The van der Waals surface area contributed by atoms with Crippen molar-refractivity contribution in [1.29, 1.82) is 0 Å². The summed E-state index contributed by atoms with van der Waals surface area (Å²) >= 11 is 0. The number of methoxy groups -OCH3 is 3. The minimum atomic E-state index is -0.0599. The molecule has 1 aromatic rings. The molecule has 3 atom stereocenters. The average Bonchev–Trinajstić information content (AvgIpc) is 2.77. The first-order valence-corrected chi connectivity index (χ1v) is 11.4. The second-order valence-electron chi connectivity index (χ2n) is 9.17. The molecule has 0 spiro atoms. The Balaban J connectivity index is 1.58. The molecular weight excluding hydrogens is 394 g/mol. The summed E-state index contributed by atoms with van der Waals surface area (Å²) in [6.07, 6.45) is 1.22. The highest BCUT2D eigenvalue weighted by molar-refractivity contribution is 5.81. The molecule has 0 unspecified atom stereocenters. The summed E-state index contributed by atoms with van der Waals surface area (Å²) in [4.78, 5) is 19.9. The van der Waals surface area contributed by atoms with Crippen molar-refractivity contribution in [1.82, 2.24) is 14.7 Å². The van der Waals surface area contributed by atoms with E-state index >= 15 is 0 Å². The van der Waals surface area contributed by atoms with Gasteiger partial charge >= 0.3 is 0 Å². The van der Waals surface area contributed by atoms with Crippen LogP contribution in [0.3, 0.4) is 0 Å². The van der Waals surface area contributed by atoms with E-state index in [1.807, 2.05) is 12.1 Å². The third kappa shape index (κ3) is 5.44. The fourth-order valence-electron chi connectivity index (χ4n) is 5.10. The number of amides is 1. The van der Waals surface area contributed by atoms with Gasteiger partial charge in [-0.3, -0.25) is 14.6 Å². The summed E-state index contributed by atoms with van der Waals surface area (Å²) in [5, 5.41) is 0. The van der Waals surface area contributed by atoms with Gasteiger partial charge in [-0.15, -0.1) is 0 Å². The van der Waals surface area contributed by atoms with Crippen molar-refractivity contribution >= 4 is 5.91 Å². The van der Waals surface area contributed by atoms with E-state index in [4.69, 9.17) is 14.2 Å². The van der Waals surface area contributed by atoms with Crippen molar-refractivity contribution in [3.63, 3.8) is 0 Å². The summed E-state index contributed by atoms with van der Waals surface area (Å²) in [6, 6.07) is 3.90. The van der Waals surface area contributed by atoms with Gasteiger partial charge < -0.3 is 19.1 Å². The summed E-state index contributed by atoms with van der Waals surface area (Å²) in [5.74, 6) is 3.49. The predicted octanol–water partition coefficient (Wildman–Crippen LogP) is 2.72. The average molecular weight is 434 g/mol. The first kappa shape index (κ1) is 23.7. The van der Waals surface area contributed by atoms with E-state index in [0.29, 0.717) is 23.3 Å². The van der Waals surface area contributed by atoms with Crippen LogP contribution >= 0.6 is 0 Å². The molecule has 2 fully saturated rings. The Labute approximate surface area is 187 Å². The van der Waals surface area contributed by atoms with Crippen molar-refractivity contribution in [3.05, 3.63) is 17.7 Å². The number of carbonyl (C=O) groups is 1. The third-order valence-electron chi connectivity index (χ3n) is 6.67. The van der Waals surface area contributed by atoms with E-state index in [0.717, 1.165) is 57.1 Å². The summed E-state index contributed by atoms with van der Waals surface area (Å²) < 4.78 is 16.5. The lowest BCUT2D eigenvalue weighted by Gasteiger charge is -2.41. The van der Waals surface area contributed by atoms with Crippen molar-refractivity contribution in [2.45, 2.75) is 39.8 Å². The smallest absolute Gasteiger partial charge is 0.239 e. The van der Waals surface area contributed by atoms with Gasteiger partial charge in [-0.1, -0.05) is 19.9 Å². The number of carbonyl (C=O) groups excluding carboxylic acids is 1. The van der Waals surface area contributed by atoms with E-state index in [2.05, 4.69) is 35.5 Å². The normalized spacial score (nSPS) is 24.0. The molecule has 2 heterocycles. The molecule has 3 rings (SSSR count). The number of hydrogen-bond acceptors (Lipinski definition) is 6. The number of likely N-dealkylation sites (tertiary alicyclic amines) is 1. The van der Waals surface area contributed by atoms with Crippen molar-refractivity contribution in [2.24, 2.45) is 11.8 Å². The van der Waals surface area contributed by atoms with Gasteiger partial charge in [0.25, 0.3) is 0 Å². The number of nitrogens with zero attached hydrogens (tertiary/aromatic N) is 3. The zero-order valence-corrected chi connectivity index (χ0v) is 20.0. The molecule has 2 aliphatic heterocycles. The maximum absolute atomic E-state index is 13.1. The molecule has 0 radical (unpaired) electrons. The van der Waals surface area contributed by atoms with Crippen LogP contribution in [-0.2, 0) is 11.3 Å². The van der Waals surface area contributed by atoms with Crippen LogP contribution < -0.4 is 14.2 Å². The van der Waals surface area contributed by atoms with Gasteiger partial charge in [0.05, 0.1) is 27.4 Å². The van der Waals surface area contributed by atoms with Crippen LogP contribution in [-0.4, -0.2) is 87.2 Å². The molecule has 0 aliphatic carbocycles. The molecule has 0 aromatic heterocycles. The second kappa shape index (κ2) is 10.6. The Morgan fingerprint density at radius 1 is 0.968 bits per heavy atom. The van der Waals surface area contributed by atoms with Gasteiger partial charge in [-0.05, 0) is 31.2 Å². The maximum Gasteiger partial charge on any atom is 0.239 e. The number of rotatable bonds is 7. The Bertz CT molecular complexity index is 739. The van der Waals surface area contributed by atoms with Crippen molar-refractivity contribution in [3.8, 4) is 17.2 Å².